The van der Waals surface area contributed by atoms with Crippen LogP contribution in [0.1, 0.15) is 54.6 Å². The number of hydrogen-bond acceptors (Lipinski definition) is 2. The number of hydrogen-bond donors (Lipinski definition) is 1. The first-order chi connectivity index (χ1) is 11.1. The zero-order valence-electron chi connectivity index (χ0n) is 14.8. The molecule has 2 rings (SSSR count). The molecule has 0 aliphatic carbocycles. The first-order valence-corrected chi connectivity index (χ1v) is 8.63. The number of amides is 1. The van der Waals surface area contributed by atoms with Crippen molar-refractivity contribution < 1.29 is 14.1 Å². The number of rotatable bonds is 9. The maximum absolute atomic E-state index is 12.2. The van der Waals surface area contributed by atoms with Crippen molar-refractivity contribution in [2.75, 3.05) is 26.8 Å². The number of fused-ring (bicyclic) bond motifs is 1. The van der Waals surface area contributed by atoms with Crippen molar-refractivity contribution in [1.29, 1.82) is 0 Å². The molecule has 1 aromatic carbocycles. The monoisotopic (exact) mass is 317 g/mol. The highest BCUT2D eigenvalue weighted by Crippen LogP contribution is 2.30. The van der Waals surface area contributed by atoms with Crippen LogP contribution in [-0.4, -0.2) is 43.5 Å². The van der Waals surface area contributed by atoms with Crippen molar-refractivity contribution in [3.05, 3.63) is 28.8 Å². The minimum absolute atomic E-state index is 0.0217. The molecule has 4 nitrogen and oxygen atoms in total. The molecule has 0 bridgehead atoms. The molecule has 1 N–H and O–H groups in total. The van der Waals surface area contributed by atoms with E-state index in [1.54, 1.807) is 7.11 Å². The standard InChI is InChI=1S/C19H28N2O2/c1-5-7-15(6-2)12-21-13-16-11-17(14(3)10-18(16)21)19(22)20-8-9-23-4/h10-11,13,15H,5-9,12H2,1-4H3/p+1. The molecule has 1 aliphatic rings. The second-order valence-corrected chi connectivity index (χ2v) is 6.32. The van der Waals surface area contributed by atoms with Gasteiger partial charge in [-0.15, -0.1) is 0 Å². The molecule has 0 saturated heterocycles. The van der Waals surface area contributed by atoms with Crippen LogP contribution in [0, 0.1) is 12.8 Å². The van der Waals surface area contributed by atoms with Gasteiger partial charge in [0.1, 0.15) is 5.56 Å². The van der Waals surface area contributed by atoms with Gasteiger partial charge in [0.15, 0.2) is 12.8 Å². The molecule has 0 spiro atoms. The van der Waals surface area contributed by atoms with Crippen LogP contribution in [0.5, 0.6) is 0 Å². The summed E-state index contributed by atoms with van der Waals surface area (Å²) in [5.74, 6) is 0.716. The summed E-state index contributed by atoms with van der Waals surface area (Å²) < 4.78 is 7.30. The van der Waals surface area contributed by atoms with Crippen molar-refractivity contribution in [2.24, 2.45) is 5.92 Å². The van der Waals surface area contributed by atoms with Gasteiger partial charge in [-0.05, 0) is 31.4 Å². The van der Waals surface area contributed by atoms with Gasteiger partial charge in [-0.3, -0.25) is 4.79 Å². The topological polar surface area (TPSA) is 41.3 Å². The number of methoxy groups -OCH3 is 1. The van der Waals surface area contributed by atoms with Gasteiger partial charge in [-0.1, -0.05) is 20.3 Å². The van der Waals surface area contributed by atoms with E-state index in [1.807, 2.05) is 13.0 Å². The average Bonchev–Trinajstić information content (AvgIpc) is 2.53. The lowest BCUT2D eigenvalue weighted by molar-refractivity contribution is -0.456. The second kappa shape index (κ2) is 8.25. The van der Waals surface area contributed by atoms with Crippen LogP contribution in [0.15, 0.2) is 12.1 Å². The predicted octanol–water partition coefficient (Wildman–Crippen LogP) is 3.27. The average molecular weight is 317 g/mol. The largest absolute Gasteiger partial charge is 0.383 e. The highest BCUT2D eigenvalue weighted by Gasteiger charge is 2.29. The Kier molecular flexibility index (Phi) is 6.34. The van der Waals surface area contributed by atoms with E-state index in [9.17, 15) is 4.79 Å². The highest BCUT2D eigenvalue weighted by molar-refractivity contribution is 6.00. The summed E-state index contributed by atoms with van der Waals surface area (Å²) in [6.45, 7) is 8.67. The smallest absolute Gasteiger partial charge is 0.251 e. The third kappa shape index (κ3) is 4.20. The van der Waals surface area contributed by atoms with E-state index >= 15 is 0 Å². The van der Waals surface area contributed by atoms with Gasteiger partial charge in [0.2, 0.25) is 5.69 Å². The molecule has 1 aromatic rings. The molecule has 0 aromatic heterocycles. The molecule has 1 atom stereocenters. The summed E-state index contributed by atoms with van der Waals surface area (Å²) in [7, 11) is 1.63. The molecule has 1 aliphatic heterocycles. The molecule has 1 heterocycles. The number of carbonyl (C=O) groups is 1. The third-order valence-electron chi connectivity index (χ3n) is 4.54. The lowest BCUT2D eigenvalue weighted by atomic mass is 9.95. The SMILES string of the molecule is CCCC(CC)C[N+]1=Cc2cc(C(=O)NCCOC)c(C)cc21. The van der Waals surface area contributed by atoms with Crippen LogP contribution in [0.25, 0.3) is 0 Å². The molecular formula is C19H29N2O2+. The van der Waals surface area contributed by atoms with Crippen LogP contribution in [0.4, 0.5) is 5.69 Å². The van der Waals surface area contributed by atoms with Gasteiger partial charge < -0.3 is 10.1 Å². The van der Waals surface area contributed by atoms with Crippen LogP contribution in [0.2, 0.25) is 0 Å². The summed E-state index contributed by atoms with van der Waals surface area (Å²) in [4.78, 5) is 12.2. The van der Waals surface area contributed by atoms with Gasteiger partial charge in [0.05, 0.1) is 6.61 Å². The van der Waals surface area contributed by atoms with Crippen molar-refractivity contribution in [2.45, 2.75) is 40.0 Å². The summed E-state index contributed by atoms with van der Waals surface area (Å²) >= 11 is 0. The molecule has 4 heteroatoms. The fourth-order valence-corrected chi connectivity index (χ4v) is 3.10. The lowest BCUT2D eigenvalue weighted by Gasteiger charge is -2.19. The van der Waals surface area contributed by atoms with Crippen molar-refractivity contribution in [3.8, 4) is 0 Å². The van der Waals surface area contributed by atoms with Crippen LogP contribution in [-0.2, 0) is 4.74 Å². The Morgan fingerprint density at radius 1 is 1.35 bits per heavy atom. The summed E-state index contributed by atoms with van der Waals surface area (Å²) in [5, 5.41) is 2.89. The van der Waals surface area contributed by atoms with E-state index in [-0.39, 0.29) is 5.91 Å². The summed E-state index contributed by atoms with van der Waals surface area (Å²) in [6.07, 6.45) is 5.89. The molecule has 126 valence electrons. The molecule has 0 radical (unpaired) electrons. The highest BCUT2D eigenvalue weighted by atomic mass is 16.5. The molecule has 1 amide bonds. The first kappa shape index (κ1) is 17.7. The quantitative estimate of drug-likeness (QED) is 0.561. The lowest BCUT2D eigenvalue weighted by Crippen LogP contribution is -2.29. The van der Waals surface area contributed by atoms with E-state index in [1.165, 1.54) is 30.5 Å². The number of benzene rings is 1. The van der Waals surface area contributed by atoms with E-state index in [0.29, 0.717) is 13.2 Å². The summed E-state index contributed by atoms with van der Waals surface area (Å²) in [6, 6.07) is 4.14. The number of nitrogens with one attached hydrogen (secondary N) is 1. The van der Waals surface area contributed by atoms with Gasteiger partial charge in [0.25, 0.3) is 5.91 Å². The minimum Gasteiger partial charge on any atom is -0.383 e. The first-order valence-electron chi connectivity index (χ1n) is 8.63. The van der Waals surface area contributed by atoms with Crippen LogP contribution >= 0.6 is 0 Å². The van der Waals surface area contributed by atoms with E-state index in [2.05, 4.69) is 36.0 Å². The summed E-state index contributed by atoms with van der Waals surface area (Å²) in [5.41, 5.74) is 4.21. The molecule has 1 unspecified atom stereocenters. The second-order valence-electron chi connectivity index (χ2n) is 6.32. The maximum Gasteiger partial charge on any atom is 0.251 e. The van der Waals surface area contributed by atoms with Crippen molar-refractivity contribution in [3.63, 3.8) is 0 Å². The Morgan fingerprint density at radius 2 is 2.13 bits per heavy atom. The Balaban J connectivity index is 2.05. The molecule has 23 heavy (non-hydrogen) atoms. The molecule has 0 saturated carbocycles. The van der Waals surface area contributed by atoms with Gasteiger partial charge >= 0.3 is 0 Å². The Bertz CT molecular complexity index is 593. The minimum atomic E-state index is -0.0217. The maximum atomic E-state index is 12.2. The van der Waals surface area contributed by atoms with E-state index in [4.69, 9.17) is 4.74 Å². The van der Waals surface area contributed by atoms with Gasteiger partial charge in [-0.2, -0.15) is 4.58 Å². The van der Waals surface area contributed by atoms with Gasteiger partial charge in [-0.25, -0.2) is 0 Å². The predicted molar refractivity (Wildman–Crippen MR) is 94.0 cm³/mol. The zero-order chi connectivity index (χ0) is 16.8. The zero-order valence-corrected chi connectivity index (χ0v) is 14.8. The molecular weight excluding hydrogens is 288 g/mol. The van der Waals surface area contributed by atoms with Crippen LogP contribution in [0.3, 0.4) is 0 Å². The van der Waals surface area contributed by atoms with Crippen molar-refractivity contribution >= 4 is 17.8 Å². The number of aryl methyl sites for hydroxylation is 1. The fraction of sp³-hybridized carbons (Fsp3) is 0.579. The van der Waals surface area contributed by atoms with Crippen molar-refractivity contribution in [1.82, 2.24) is 5.32 Å². The Hall–Kier alpha value is -1.68. The van der Waals surface area contributed by atoms with E-state index < -0.39 is 0 Å². The van der Waals surface area contributed by atoms with Gasteiger partial charge in [0, 0.05) is 31.2 Å². The Morgan fingerprint density at radius 3 is 2.78 bits per heavy atom. The fourth-order valence-electron chi connectivity index (χ4n) is 3.10. The Labute approximate surface area is 139 Å². The molecule has 0 fully saturated rings. The number of ether oxygens (including phenoxy) is 1. The number of carbonyl (C=O) groups excluding carboxylic acids is 1. The number of nitrogens with zero attached hydrogens (tertiary/aromatic N) is 1. The van der Waals surface area contributed by atoms with E-state index in [0.717, 1.165) is 23.6 Å². The third-order valence-corrected chi connectivity index (χ3v) is 4.54. The van der Waals surface area contributed by atoms with Crippen LogP contribution < -0.4 is 5.32 Å². The normalized spacial score (nSPS) is 13.8.